The molecule has 0 bridgehead atoms. The topological polar surface area (TPSA) is 32.7 Å². The zero-order valence-corrected chi connectivity index (χ0v) is 10.4. The summed E-state index contributed by atoms with van der Waals surface area (Å²) in [5.74, 6) is 0. The van der Waals surface area contributed by atoms with Crippen molar-refractivity contribution in [2.24, 2.45) is 0 Å². The molecule has 0 aliphatic carbocycles. The van der Waals surface area contributed by atoms with Gasteiger partial charge in [0.25, 0.3) is 0 Å². The second kappa shape index (κ2) is 6.15. The molecule has 0 amide bonds. The number of aryl methyl sites for hydroxylation is 1. The van der Waals surface area contributed by atoms with Gasteiger partial charge in [-0.3, -0.25) is 4.90 Å². The van der Waals surface area contributed by atoms with Crippen molar-refractivity contribution in [3.63, 3.8) is 0 Å². The first-order valence-corrected chi connectivity index (χ1v) is 6.36. The van der Waals surface area contributed by atoms with E-state index in [4.69, 9.17) is 4.74 Å². The molecule has 1 N–H and O–H groups in total. The van der Waals surface area contributed by atoms with Crippen LogP contribution in [0.15, 0.2) is 24.3 Å². The highest BCUT2D eigenvalue weighted by atomic mass is 16.5. The maximum Gasteiger partial charge on any atom is 0.0916 e. The van der Waals surface area contributed by atoms with Crippen LogP contribution >= 0.6 is 0 Å². The normalized spacial score (nSPS) is 19.2. The summed E-state index contributed by atoms with van der Waals surface area (Å²) in [6.45, 7) is 6.24. The molecule has 0 aromatic heterocycles. The molecule has 94 valence electrons. The van der Waals surface area contributed by atoms with Crippen molar-refractivity contribution in [3.05, 3.63) is 35.4 Å². The molecule has 1 saturated heterocycles. The molecule has 0 radical (unpaired) electrons. The van der Waals surface area contributed by atoms with Gasteiger partial charge in [0.1, 0.15) is 0 Å². The molecule has 1 fully saturated rings. The number of aliphatic hydroxyl groups is 1. The smallest absolute Gasteiger partial charge is 0.0916 e. The first-order valence-electron chi connectivity index (χ1n) is 6.36. The fraction of sp³-hybridized carbons (Fsp3) is 0.571. The zero-order chi connectivity index (χ0) is 12.1. The van der Waals surface area contributed by atoms with E-state index in [9.17, 15) is 5.11 Å². The van der Waals surface area contributed by atoms with E-state index in [0.29, 0.717) is 6.54 Å². The van der Waals surface area contributed by atoms with Gasteiger partial charge >= 0.3 is 0 Å². The Labute approximate surface area is 103 Å². The summed E-state index contributed by atoms with van der Waals surface area (Å²) in [5, 5.41) is 10.2. The molecule has 1 aromatic carbocycles. The third-order valence-electron chi connectivity index (χ3n) is 3.31. The monoisotopic (exact) mass is 235 g/mol. The van der Waals surface area contributed by atoms with Gasteiger partial charge in [-0.1, -0.05) is 31.2 Å². The number of benzene rings is 1. The molecule has 17 heavy (non-hydrogen) atoms. The molecule has 1 heterocycles. The van der Waals surface area contributed by atoms with Gasteiger partial charge in [-0.05, 0) is 17.5 Å². The minimum Gasteiger partial charge on any atom is -0.387 e. The van der Waals surface area contributed by atoms with Gasteiger partial charge in [0.15, 0.2) is 0 Å². The van der Waals surface area contributed by atoms with Crippen molar-refractivity contribution in [2.75, 3.05) is 32.8 Å². The Hall–Kier alpha value is -0.900. The van der Waals surface area contributed by atoms with Crippen LogP contribution in [0, 0.1) is 0 Å². The molecule has 1 aromatic rings. The highest BCUT2D eigenvalue weighted by molar-refractivity contribution is 5.24. The maximum atomic E-state index is 10.2. The van der Waals surface area contributed by atoms with Crippen LogP contribution in [0.2, 0.25) is 0 Å². The van der Waals surface area contributed by atoms with Crippen molar-refractivity contribution in [1.29, 1.82) is 0 Å². The van der Waals surface area contributed by atoms with Crippen LogP contribution in [0.3, 0.4) is 0 Å². The minimum atomic E-state index is -0.390. The highest BCUT2D eigenvalue weighted by Gasteiger charge is 2.15. The van der Waals surface area contributed by atoms with Crippen LogP contribution in [0.25, 0.3) is 0 Å². The summed E-state index contributed by atoms with van der Waals surface area (Å²) in [6.07, 6.45) is 0.652. The number of ether oxygens (including phenoxy) is 1. The maximum absolute atomic E-state index is 10.2. The molecule has 0 spiro atoms. The lowest BCUT2D eigenvalue weighted by atomic mass is 10.1. The number of β-amino-alcohol motifs (C(OH)–C–C–N with tert-alkyl or cyclic N) is 1. The predicted molar refractivity (Wildman–Crippen MR) is 68.0 cm³/mol. The van der Waals surface area contributed by atoms with Gasteiger partial charge in [-0.25, -0.2) is 0 Å². The molecule has 3 nitrogen and oxygen atoms in total. The Bertz CT molecular complexity index is 331. The number of hydrogen-bond acceptors (Lipinski definition) is 3. The summed E-state index contributed by atoms with van der Waals surface area (Å²) < 4.78 is 5.29. The van der Waals surface area contributed by atoms with E-state index in [2.05, 4.69) is 24.0 Å². The molecular weight excluding hydrogens is 214 g/mol. The standard InChI is InChI=1S/C14H21NO2/c1-2-12-3-5-13(6-4-12)14(16)11-15-7-9-17-10-8-15/h3-6,14,16H,2,7-11H2,1H3. The molecule has 2 rings (SSSR count). The summed E-state index contributed by atoms with van der Waals surface area (Å²) in [5.41, 5.74) is 2.32. The lowest BCUT2D eigenvalue weighted by Crippen LogP contribution is -2.38. The third kappa shape index (κ3) is 3.53. The lowest BCUT2D eigenvalue weighted by molar-refractivity contribution is 0.0143. The molecular formula is C14H21NO2. The minimum absolute atomic E-state index is 0.390. The third-order valence-corrected chi connectivity index (χ3v) is 3.31. The predicted octanol–water partition coefficient (Wildman–Crippen LogP) is 1.61. The van der Waals surface area contributed by atoms with Gasteiger partial charge in [0.05, 0.1) is 19.3 Å². The Balaban J connectivity index is 1.91. The van der Waals surface area contributed by atoms with E-state index in [1.165, 1.54) is 5.56 Å². The molecule has 3 heteroatoms. The van der Waals surface area contributed by atoms with E-state index in [1.807, 2.05) is 12.1 Å². The number of nitrogens with zero attached hydrogens (tertiary/aromatic N) is 1. The van der Waals surface area contributed by atoms with Crippen LogP contribution in [0.5, 0.6) is 0 Å². The SMILES string of the molecule is CCc1ccc(C(O)CN2CCOCC2)cc1. The van der Waals surface area contributed by atoms with Gasteiger partial charge < -0.3 is 9.84 Å². The average molecular weight is 235 g/mol. The lowest BCUT2D eigenvalue weighted by Gasteiger charge is -2.28. The summed E-state index contributed by atoms with van der Waals surface area (Å²) in [6, 6.07) is 8.25. The van der Waals surface area contributed by atoms with Gasteiger partial charge in [-0.2, -0.15) is 0 Å². The van der Waals surface area contributed by atoms with Crippen molar-refractivity contribution in [1.82, 2.24) is 4.90 Å². The second-order valence-corrected chi connectivity index (χ2v) is 4.52. The van der Waals surface area contributed by atoms with Gasteiger partial charge in [0.2, 0.25) is 0 Å². The number of aliphatic hydroxyl groups excluding tert-OH is 1. The van der Waals surface area contributed by atoms with Crippen LogP contribution < -0.4 is 0 Å². The largest absolute Gasteiger partial charge is 0.387 e. The molecule has 1 unspecified atom stereocenters. The number of hydrogen-bond donors (Lipinski definition) is 1. The molecule has 1 aliphatic heterocycles. The van der Waals surface area contributed by atoms with E-state index in [0.717, 1.165) is 38.3 Å². The van der Waals surface area contributed by atoms with E-state index in [1.54, 1.807) is 0 Å². The number of rotatable bonds is 4. The summed E-state index contributed by atoms with van der Waals surface area (Å²) >= 11 is 0. The second-order valence-electron chi connectivity index (χ2n) is 4.52. The first-order chi connectivity index (χ1) is 8.29. The zero-order valence-electron chi connectivity index (χ0n) is 10.4. The summed E-state index contributed by atoms with van der Waals surface area (Å²) in [4.78, 5) is 2.25. The molecule has 1 aliphatic rings. The average Bonchev–Trinajstić information content (AvgIpc) is 2.40. The van der Waals surface area contributed by atoms with Crippen LogP contribution in [-0.2, 0) is 11.2 Å². The van der Waals surface area contributed by atoms with Crippen molar-refractivity contribution in [2.45, 2.75) is 19.4 Å². The van der Waals surface area contributed by atoms with E-state index < -0.39 is 0 Å². The summed E-state index contributed by atoms with van der Waals surface area (Å²) in [7, 11) is 0. The van der Waals surface area contributed by atoms with Crippen LogP contribution in [0.1, 0.15) is 24.2 Å². The van der Waals surface area contributed by atoms with Crippen molar-refractivity contribution >= 4 is 0 Å². The Morgan fingerprint density at radius 2 is 1.88 bits per heavy atom. The Morgan fingerprint density at radius 1 is 1.24 bits per heavy atom. The Morgan fingerprint density at radius 3 is 2.47 bits per heavy atom. The molecule has 1 atom stereocenters. The first kappa shape index (κ1) is 12.6. The van der Waals surface area contributed by atoms with Gasteiger partial charge in [0, 0.05) is 19.6 Å². The quantitative estimate of drug-likeness (QED) is 0.860. The Kier molecular flexibility index (Phi) is 4.54. The molecule has 0 saturated carbocycles. The van der Waals surface area contributed by atoms with Crippen LogP contribution in [0.4, 0.5) is 0 Å². The van der Waals surface area contributed by atoms with Gasteiger partial charge in [-0.15, -0.1) is 0 Å². The van der Waals surface area contributed by atoms with E-state index >= 15 is 0 Å². The van der Waals surface area contributed by atoms with Crippen molar-refractivity contribution in [3.8, 4) is 0 Å². The fourth-order valence-corrected chi connectivity index (χ4v) is 2.11. The van der Waals surface area contributed by atoms with Crippen LogP contribution in [-0.4, -0.2) is 42.9 Å². The van der Waals surface area contributed by atoms with Crippen molar-refractivity contribution < 1.29 is 9.84 Å². The fourth-order valence-electron chi connectivity index (χ4n) is 2.11. The number of morpholine rings is 1. The highest BCUT2D eigenvalue weighted by Crippen LogP contribution is 2.16. The van der Waals surface area contributed by atoms with E-state index in [-0.39, 0.29) is 6.10 Å².